The molecule has 1 N–H and O–H groups in total. The van der Waals surface area contributed by atoms with E-state index in [1.165, 1.54) is 12.1 Å². The van der Waals surface area contributed by atoms with E-state index in [-0.39, 0.29) is 22.7 Å². The second kappa shape index (κ2) is 10.2. The Morgan fingerprint density at radius 3 is 2.32 bits per heavy atom. The van der Waals surface area contributed by atoms with Crippen LogP contribution in [0.5, 0.6) is 0 Å². The van der Waals surface area contributed by atoms with Crippen LogP contribution in [0, 0.1) is 10.1 Å². The summed E-state index contributed by atoms with van der Waals surface area (Å²) in [5.41, 5.74) is 4.87. The first-order valence-corrected chi connectivity index (χ1v) is 12.9. The van der Waals surface area contributed by atoms with Gasteiger partial charge in [-0.3, -0.25) is 15.1 Å². The second-order valence-electron chi connectivity index (χ2n) is 9.19. The third-order valence-corrected chi connectivity index (χ3v) is 7.34. The summed E-state index contributed by atoms with van der Waals surface area (Å²) >= 11 is 5.89. The van der Waals surface area contributed by atoms with E-state index in [0.717, 1.165) is 54.8 Å². The van der Waals surface area contributed by atoms with E-state index in [1.54, 1.807) is 18.3 Å². The van der Waals surface area contributed by atoms with Gasteiger partial charge in [0.25, 0.3) is 5.69 Å². The predicted molar refractivity (Wildman–Crippen MR) is 150 cm³/mol. The first-order chi connectivity index (χ1) is 18.6. The summed E-state index contributed by atoms with van der Waals surface area (Å²) in [6.45, 7) is 3.21. The molecule has 4 heterocycles. The molecule has 2 fully saturated rings. The molecule has 6 rings (SSSR count). The number of pyridine rings is 1. The van der Waals surface area contributed by atoms with Gasteiger partial charge in [-0.25, -0.2) is 0 Å². The zero-order valence-corrected chi connectivity index (χ0v) is 21.3. The summed E-state index contributed by atoms with van der Waals surface area (Å²) in [7, 11) is 0. The van der Waals surface area contributed by atoms with Crippen molar-refractivity contribution in [1.29, 1.82) is 0 Å². The topological polar surface area (TPSA) is 88.7 Å². The first-order valence-electron chi connectivity index (χ1n) is 12.5. The standard InChI is InChI=1S/C28H26N6O3S/c35-34(36)23-12-8-21(9-13-23)32-15-3-5-25(32)27-26(24-4-1-2-14-29-24)30-28(38)33(27)22-10-6-20(7-11-22)31-16-18-37-19-17-31/h1-15,26-27H,16-19H2,(H,30,38)/t26-,27+/m0/s1. The van der Waals surface area contributed by atoms with Gasteiger partial charge in [0.2, 0.25) is 0 Å². The SMILES string of the molecule is O=[N+]([O-])c1ccc(-n2cccc2[C@@H]2[C@H](c3ccccn3)NC(=S)N2c2ccc(N3CCOCC3)cc2)cc1. The predicted octanol–water partition coefficient (Wildman–Crippen LogP) is 4.79. The van der Waals surface area contributed by atoms with E-state index in [1.807, 2.05) is 30.5 Å². The number of aromatic nitrogens is 2. The van der Waals surface area contributed by atoms with Crippen molar-refractivity contribution in [1.82, 2.24) is 14.9 Å². The van der Waals surface area contributed by atoms with E-state index in [4.69, 9.17) is 17.0 Å². The quantitative estimate of drug-likeness (QED) is 0.218. The molecule has 2 aromatic carbocycles. The molecule has 0 spiro atoms. The van der Waals surface area contributed by atoms with Crippen LogP contribution in [0.3, 0.4) is 0 Å². The Hall–Kier alpha value is -4.28. The molecule has 192 valence electrons. The van der Waals surface area contributed by atoms with Gasteiger partial charge in [-0.15, -0.1) is 0 Å². The van der Waals surface area contributed by atoms with Gasteiger partial charge >= 0.3 is 0 Å². The van der Waals surface area contributed by atoms with Gasteiger partial charge in [0.15, 0.2) is 5.11 Å². The Kier molecular flexibility index (Phi) is 6.48. The molecule has 0 bridgehead atoms. The highest BCUT2D eigenvalue weighted by atomic mass is 32.1. The molecular formula is C28H26N6O3S. The lowest BCUT2D eigenvalue weighted by Crippen LogP contribution is -2.36. The van der Waals surface area contributed by atoms with Gasteiger partial charge in [-0.2, -0.15) is 0 Å². The second-order valence-corrected chi connectivity index (χ2v) is 9.58. The normalized spacial score (nSPS) is 19.4. The summed E-state index contributed by atoms with van der Waals surface area (Å²) in [5.74, 6) is 0. The summed E-state index contributed by atoms with van der Waals surface area (Å²) < 4.78 is 7.55. The number of nitrogens with zero attached hydrogens (tertiary/aromatic N) is 5. The summed E-state index contributed by atoms with van der Waals surface area (Å²) in [5, 5.41) is 15.3. The minimum Gasteiger partial charge on any atom is -0.378 e. The van der Waals surface area contributed by atoms with Crippen molar-refractivity contribution in [3.63, 3.8) is 0 Å². The van der Waals surface area contributed by atoms with Crippen LogP contribution >= 0.6 is 12.2 Å². The van der Waals surface area contributed by atoms with Gasteiger partial charge in [0.1, 0.15) is 6.04 Å². The fourth-order valence-corrected chi connectivity index (χ4v) is 5.53. The van der Waals surface area contributed by atoms with Gasteiger partial charge < -0.3 is 24.4 Å². The van der Waals surface area contributed by atoms with Crippen molar-refractivity contribution in [3.8, 4) is 5.69 Å². The van der Waals surface area contributed by atoms with Crippen LogP contribution < -0.4 is 15.1 Å². The van der Waals surface area contributed by atoms with Crippen molar-refractivity contribution < 1.29 is 9.66 Å². The maximum atomic E-state index is 11.2. The van der Waals surface area contributed by atoms with E-state index in [9.17, 15) is 10.1 Å². The molecule has 2 aromatic heterocycles. The van der Waals surface area contributed by atoms with Crippen molar-refractivity contribution in [2.45, 2.75) is 12.1 Å². The average molecular weight is 527 g/mol. The monoisotopic (exact) mass is 526 g/mol. The Balaban J connectivity index is 1.40. The Morgan fingerprint density at radius 2 is 1.63 bits per heavy atom. The minimum atomic E-state index is -0.390. The number of anilines is 2. The fourth-order valence-electron chi connectivity index (χ4n) is 5.18. The molecule has 2 aliphatic rings. The van der Waals surface area contributed by atoms with Crippen molar-refractivity contribution >= 4 is 34.4 Å². The van der Waals surface area contributed by atoms with Crippen LogP contribution in [-0.2, 0) is 4.74 Å². The van der Waals surface area contributed by atoms with Crippen molar-refractivity contribution in [2.24, 2.45) is 0 Å². The highest BCUT2D eigenvalue weighted by molar-refractivity contribution is 7.80. The molecule has 2 aliphatic heterocycles. The number of non-ortho nitro benzene ring substituents is 1. The van der Waals surface area contributed by atoms with E-state index < -0.39 is 0 Å². The molecular weight excluding hydrogens is 500 g/mol. The van der Waals surface area contributed by atoms with Crippen LogP contribution in [-0.4, -0.2) is 45.9 Å². The third-order valence-electron chi connectivity index (χ3n) is 7.02. The number of morpholine rings is 1. The smallest absolute Gasteiger partial charge is 0.269 e. The molecule has 0 amide bonds. The fraction of sp³-hybridized carbons (Fsp3) is 0.214. The van der Waals surface area contributed by atoms with Crippen molar-refractivity contribution in [2.75, 3.05) is 36.1 Å². The lowest BCUT2D eigenvalue weighted by molar-refractivity contribution is -0.384. The lowest BCUT2D eigenvalue weighted by Gasteiger charge is -2.31. The molecule has 0 radical (unpaired) electrons. The molecule has 0 unspecified atom stereocenters. The van der Waals surface area contributed by atoms with Gasteiger partial charge in [-0.05, 0) is 72.9 Å². The number of ether oxygens (including phenoxy) is 1. The van der Waals surface area contributed by atoms with Crippen LogP contribution in [0.25, 0.3) is 5.69 Å². The summed E-state index contributed by atoms with van der Waals surface area (Å²) in [6.07, 6.45) is 3.75. The number of thiocarbonyl (C=S) groups is 1. The number of nitro groups is 1. The highest BCUT2D eigenvalue weighted by Crippen LogP contribution is 2.42. The number of benzene rings is 2. The molecule has 0 saturated carbocycles. The Bertz CT molecular complexity index is 1440. The molecule has 10 heteroatoms. The molecule has 9 nitrogen and oxygen atoms in total. The highest BCUT2D eigenvalue weighted by Gasteiger charge is 2.42. The summed E-state index contributed by atoms with van der Waals surface area (Å²) in [4.78, 5) is 19.9. The molecule has 2 saturated heterocycles. The van der Waals surface area contributed by atoms with E-state index in [2.05, 4.69) is 55.0 Å². The molecule has 38 heavy (non-hydrogen) atoms. The maximum Gasteiger partial charge on any atom is 0.269 e. The van der Waals surface area contributed by atoms with E-state index >= 15 is 0 Å². The van der Waals surface area contributed by atoms with Crippen LogP contribution in [0.4, 0.5) is 17.1 Å². The first kappa shape index (κ1) is 24.1. The zero-order valence-electron chi connectivity index (χ0n) is 20.5. The number of hydrogen-bond donors (Lipinski definition) is 1. The largest absolute Gasteiger partial charge is 0.378 e. The van der Waals surface area contributed by atoms with Crippen LogP contribution in [0.1, 0.15) is 23.5 Å². The number of hydrogen-bond acceptors (Lipinski definition) is 6. The Labute approximate surface area is 225 Å². The lowest BCUT2D eigenvalue weighted by atomic mass is 10.0. The Morgan fingerprint density at radius 1 is 0.921 bits per heavy atom. The van der Waals surface area contributed by atoms with E-state index in [0.29, 0.717) is 5.11 Å². The molecule has 4 aromatic rings. The maximum absolute atomic E-state index is 11.2. The van der Waals surface area contributed by atoms with Crippen LogP contribution in [0.15, 0.2) is 91.3 Å². The number of rotatable bonds is 6. The third kappa shape index (κ3) is 4.48. The van der Waals surface area contributed by atoms with Crippen molar-refractivity contribution in [3.05, 3.63) is 113 Å². The average Bonchev–Trinajstić information content (AvgIpc) is 3.58. The van der Waals surface area contributed by atoms with Gasteiger partial charge in [-0.1, -0.05) is 6.07 Å². The van der Waals surface area contributed by atoms with Gasteiger partial charge in [0.05, 0.1) is 29.9 Å². The minimum absolute atomic E-state index is 0.0551. The zero-order chi connectivity index (χ0) is 26.1. The van der Waals surface area contributed by atoms with Crippen LogP contribution in [0.2, 0.25) is 0 Å². The number of nitrogens with one attached hydrogen (secondary N) is 1. The molecule has 2 atom stereocenters. The molecule has 0 aliphatic carbocycles. The summed E-state index contributed by atoms with van der Waals surface area (Å²) in [6, 6.07) is 24.5. The number of nitro benzene ring substituents is 1. The van der Waals surface area contributed by atoms with Gasteiger partial charge in [0, 0.05) is 60.4 Å².